The molecule has 48 heavy (non-hydrogen) atoms. The van der Waals surface area contributed by atoms with E-state index >= 15 is 0 Å². The highest BCUT2D eigenvalue weighted by atomic mass is 14.3. The number of aryl methyl sites for hydroxylation is 2. The first-order valence-electron chi connectivity index (χ1n) is 15.9. The van der Waals surface area contributed by atoms with Gasteiger partial charge in [-0.3, -0.25) is 0 Å². The van der Waals surface area contributed by atoms with E-state index in [0.717, 1.165) is 65.7 Å². The van der Waals surface area contributed by atoms with Gasteiger partial charge in [0.15, 0.2) is 0 Å². The summed E-state index contributed by atoms with van der Waals surface area (Å²) < 4.78 is 0. The highest BCUT2D eigenvalue weighted by Gasteiger charge is 2.24. The zero-order valence-corrected chi connectivity index (χ0v) is 26.3. The SMILES string of the molecule is Cc1cc(C#N)ccc1-c1cc2c3cc4c(cc3c(-c3ccc(C#N)cc3C)cc2c2ccc(C#N)cc12)-c1cccc2cccc-4c12. The number of fused-ring (bicyclic) bond motifs is 8. The van der Waals surface area contributed by atoms with E-state index in [1.54, 1.807) is 0 Å². The predicted octanol–water partition coefficient (Wildman–Crippen LogP) is 11.5. The highest BCUT2D eigenvalue weighted by molar-refractivity contribution is 6.27. The van der Waals surface area contributed by atoms with Crippen LogP contribution in [-0.4, -0.2) is 0 Å². The molecular weight excluding hydrogens is 583 g/mol. The third-order valence-corrected chi connectivity index (χ3v) is 10.1. The van der Waals surface area contributed by atoms with Crippen molar-refractivity contribution in [2.45, 2.75) is 13.8 Å². The summed E-state index contributed by atoms with van der Waals surface area (Å²) in [6, 6.07) is 47.0. The lowest BCUT2D eigenvalue weighted by molar-refractivity contribution is 1.42. The summed E-state index contributed by atoms with van der Waals surface area (Å²) in [7, 11) is 0. The third kappa shape index (κ3) is 3.85. The second-order valence-corrected chi connectivity index (χ2v) is 12.8. The Morgan fingerprint density at radius 3 is 1.33 bits per heavy atom. The van der Waals surface area contributed by atoms with Crippen LogP contribution in [0.15, 0.2) is 115 Å². The van der Waals surface area contributed by atoms with Gasteiger partial charge < -0.3 is 0 Å². The van der Waals surface area contributed by atoms with Crippen molar-refractivity contribution in [3.63, 3.8) is 0 Å². The molecule has 0 radical (unpaired) electrons. The Balaban J connectivity index is 1.48. The van der Waals surface area contributed by atoms with E-state index in [1.165, 1.54) is 33.0 Å². The number of hydrogen-bond donors (Lipinski definition) is 0. The Kier molecular flexibility index (Phi) is 5.82. The number of rotatable bonds is 2. The van der Waals surface area contributed by atoms with Crippen LogP contribution < -0.4 is 0 Å². The summed E-state index contributed by atoms with van der Waals surface area (Å²) in [5.74, 6) is 0. The molecule has 0 unspecified atom stereocenters. The lowest BCUT2D eigenvalue weighted by atomic mass is 9.84. The van der Waals surface area contributed by atoms with Crippen LogP contribution in [0.4, 0.5) is 0 Å². The van der Waals surface area contributed by atoms with Crippen LogP contribution in [0.1, 0.15) is 27.8 Å². The molecule has 0 atom stereocenters. The second kappa shape index (κ2) is 10.1. The van der Waals surface area contributed by atoms with Crippen LogP contribution in [0.3, 0.4) is 0 Å². The predicted molar refractivity (Wildman–Crippen MR) is 195 cm³/mol. The van der Waals surface area contributed by atoms with Gasteiger partial charge in [0, 0.05) is 0 Å². The van der Waals surface area contributed by atoms with Gasteiger partial charge in [0.05, 0.1) is 34.9 Å². The van der Waals surface area contributed by atoms with Crippen LogP contribution in [0.25, 0.3) is 87.6 Å². The monoisotopic (exact) mass is 607 g/mol. The van der Waals surface area contributed by atoms with Crippen molar-refractivity contribution in [3.8, 4) is 62.7 Å². The van der Waals surface area contributed by atoms with E-state index in [-0.39, 0.29) is 0 Å². The van der Waals surface area contributed by atoms with E-state index in [1.807, 2.05) is 49.4 Å². The Morgan fingerprint density at radius 2 is 0.792 bits per heavy atom. The molecule has 0 fully saturated rings. The molecule has 0 saturated heterocycles. The summed E-state index contributed by atoms with van der Waals surface area (Å²) in [5.41, 5.74) is 13.1. The van der Waals surface area contributed by atoms with E-state index in [0.29, 0.717) is 16.7 Å². The maximum Gasteiger partial charge on any atom is 0.0991 e. The minimum absolute atomic E-state index is 0.599. The van der Waals surface area contributed by atoms with Gasteiger partial charge in [0.1, 0.15) is 0 Å². The fourth-order valence-corrected chi connectivity index (χ4v) is 7.91. The molecule has 0 N–H and O–H groups in total. The molecule has 220 valence electrons. The van der Waals surface area contributed by atoms with Gasteiger partial charge in [-0.05, 0) is 173 Å². The van der Waals surface area contributed by atoms with Crippen LogP contribution >= 0.6 is 0 Å². The summed E-state index contributed by atoms with van der Waals surface area (Å²) in [5, 5.41) is 38.2. The molecule has 0 amide bonds. The Hall–Kier alpha value is -6.73. The number of benzene rings is 8. The molecule has 1 aliphatic rings. The van der Waals surface area contributed by atoms with Crippen LogP contribution in [0, 0.1) is 47.8 Å². The van der Waals surface area contributed by atoms with E-state index < -0.39 is 0 Å². The molecule has 8 aromatic rings. The maximum absolute atomic E-state index is 9.92. The minimum atomic E-state index is 0.599. The van der Waals surface area contributed by atoms with Gasteiger partial charge in [0.2, 0.25) is 0 Å². The zero-order chi connectivity index (χ0) is 32.7. The molecule has 3 heteroatoms. The fourth-order valence-electron chi connectivity index (χ4n) is 7.91. The van der Waals surface area contributed by atoms with Crippen molar-refractivity contribution in [2.24, 2.45) is 0 Å². The summed E-state index contributed by atoms with van der Waals surface area (Å²) in [6.45, 7) is 4.12. The molecule has 1 aliphatic carbocycles. The summed E-state index contributed by atoms with van der Waals surface area (Å²) in [6.07, 6.45) is 0. The Labute approximate surface area is 277 Å². The van der Waals surface area contributed by atoms with Crippen LogP contribution in [0.5, 0.6) is 0 Å². The van der Waals surface area contributed by atoms with Gasteiger partial charge in [-0.25, -0.2) is 0 Å². The maximum atomic E-state index is 9.92. The van der Waals surface area contributed by atoms with Crippen molar-refractivity contribution in [1.29, 1.82) is 15.8 Å². The molecular formula is C45H25N3. The first kappa shape index (κ1) is 27.6. The smallest absolute Gasteiger partial charge is 0.0991 e. The van der Waals surface area contributed by atoms with Gasteiger partial charge in [-0.1, -0.05) is 54.6 Å². The molecule has 0 heterocycles. The normalized spacial score (nSPS) is 11.5. The Morgan fingerprint density at radius 1 is 0.354 bits per heavy atom. The topological polar surface area (TPSA) is 71.4 Å². The third-order valence-electron chi connectivity index (χ3n) is 10.1. The van der Waals surface area contributed by atoms with E-state index in [4.69, 9.17) is 0 Å². The van der Waals surface area contributed by atoms with Crippen molar-refractivity contribution in [1.82, 2.24) is 0 Å². The fraction of sp³-hybridized carbons (Fsp3) is 0.0444. The lowest BCUT2D eigenvalue weighted by Crippen LogP contribution is -1.93. The first-order chi connectivity index (χ1) is 23.5. The molecule has 0 bridgehead atoms. The molecule has 8 aromatic carbocycles. The minimum Gasteiger partial charge on any atom is -0.192 e. The number of hydrogen-bond acceptors (Lipinski definition) is 3. The van der Waals surface area contributed by atoms with Gasteiger partial charge in [-0.15, -0.1) is 0 Å². The van der Waals surface area contributed by atoms with Crippen molar-refractivity contribution in [2.75, 3.05) is 0 Å². The average molecular weight is 608 g/mol. The molecule has 3 nitrogen and oxygen atoms in total. The zero-order valence-electron chi connectivity index (χ0n) is 26.3. The van der Waals surface area contributed by atoms with E-state index in [2.05, 4.69) is 97.9 Å². The summed E-state index contributed by atoms with van der Waals surface area (Å²) in [4.78, 5) is 0. The highest BCUT2D eigenvalue weighted by Crippen LogP contribution is 2.51. The molecule has 0 aliphatic heterocycles. The van der Waals surface area contributed by atoms with Crippen molar-refractivity contribution < 1.29 is 0 Å². The quantitative estimate of drug-likeness (QED) is 0.184. The van der Waals surface area contributed by atoms with Crippen molar-refractivity contribution in [3.05, 3.63) is 143 Å². The van der Waals surface area contributed by atoms with E-state index in [9.17, 15) is 15.8 Å². The molecule has 9 rings (SSSR count). The second-order valence-electron chi connectivity index (χ2n) is 12.8. The number of nitrogens with zero attached hydrogens (tertiary/aromatic N) is 3. The first-order valence-corrected chi connectivity index (χ1v) is 15.9. The van der Waals surface area contributed by atoms with Gasteiger partial charge in [0.25, 0.3) is 0 Å². The Bertz CT molecular complexity index is 2880. The number of nitriles is 3. The van der Waals surface area contributed by atoms with Gasteiger partial charge >= 0.3 is 0 Å². The summed E-state index contributed by atoms with van der Waals surface area (Å²) >= 11 is 0. The van der Waals surface area contributed by atoms with Crippen molar-refractivity contribution >= 4 is 43.1 Å². The average Bonchev–Trinajstić information content (AvgIpc) is 3.44. The van der Waals surface area contributed by atoms with Crippen LogP contribution in [0.2, 0.25) is 0 Å². The molecule has 0 aromatic heterocycles. The standard InChI is InChI=1S/C45H25N3/c1-25-15-27(22-46)9-12-31(25)37-19-43-39(33-14-11-29(24-48)17-36(33)37)18-38(32-13-10-28(23-47)16-26(32)2)42-20-40-34-7-3-5-30-6-4-8-35(45(30)34)41(40)21-44(42)43/h3-21H,1-2H3. The largest absolute Gasteiger partial charge is 0.192 e. The lowest BCUT2D eigenvalue weighted by Gasteiger charge is -2.19. The molecule has 0 saturated carbocycles. The van der Waals surface area contributed by atoms with Crippen LogP contribution in [-0.2, 0) is 0 Å². The van der Waals surface area contributed by atoms with Gasteiger partial charge in [-0.2, -0.15) is 15.8 Å². The molecule has 0 spiro atoms.